The molecule has 0 heterocycles. The van der Waals surface area contributed by atoms with Gasteiger partial charge in [0.2, 0.25) is 0 Å². The van der Waals surface area contributed by atoms with Gasteiger partial charge in [0, 0.05) is 12.6 Å². The summed E-state index contributed by atoms with van der Waals surface area (Å²) in [6, 6.07) is 5.36. The van der Waals surface area contributed by atoms with Crippen molar-refractivity contribution >= 4 is 23.5 Å². The molecule has 0 aliphatic rings. The lowest BCUT2D eigenvalue weighted by Gasteiger charge is -2.05. The highest BCUT2D eigenvalue weighted by Gasteiger charge is 2.01. The Labute approximate surface area is 75.7 Å². The third-order valence-corrected chi connectivity index (χ3v) is 1.81. The van der Waals surface area contributed by atoms with E-state index >= 15 is 0 Å². The van der Waals surface area contributed by atoms with Crippen LogP contribution >= 0.6 is 11.6 Å². The summed E-state index contributed by atoms with van der Waals surface area (Å²) in [5.41, 5.74) is 1.52. The maximum atomic E-state index is 8.33. The average molecular weight is 185 g/mol. The Bertz CT molecular complexity index is 299. The first-order valence-corrected chi connectivity index (χ1v) is 3.81. The molecule has 0 fully saturated rings. The van der Waals surface area contributed by atoms with E-state index in [1.807, 2.05) is 0 Å². The topological polar surface area (TPSA) is 44.6 Å². The molecular formula is C8H9ClN2O. The molecule has 1 aromatic carbocycles. The Morgan fingerprint density at radius 1 is 1.58 bits per heavy atom. The van der Waals surface area contributed by atoms with E-state index in [2.05, 4.69) is 10.5 Å². The van der Waals surface area contributed by atoms with Crippen LogP contribution in [0.4, 0.5) is 5.69 Å². The molecule has 0 spiro atoms. The zero-order valence-electron chi connectivity index (χ0n) is 6.58. The number of halogens is 1. The van der Waals surface area contributed by atoms with Gasteiger partial charge in [0.1, 0.15) is 0 Å². The normalized spacial score (nSPS) is 10.5. The Morgan fingerprint density at radius 3 is 2.92 bits per heavy atom. The summed E-state index contributed by atoms with van der Waals surface area (Å²) in [5, 5.41) is 14.8. The molecule has 0 aromatic heterocycles. The van der Waals surface area contributed by atoms with Gasteiger partial charge in [-0.15, -0.1) is 0 Å². The Balaban J connectivity index is 3.18. The van der Waals surface area contributed by atoms with Gasteiger partial charge in [-0.3, -0.25) is 0 Å². The van der Waals surface area contributed by atoms with E-state index in [0.29, 0.717) is 5.02 Å². The van der Waals surface area contributed by atoms with Crippen LogP contribution in [0.3, 0.4) is 0 Å². The van der Waals surface area contributed by atoms with E-state index in [9.17, 15) is 0 Å². The quantitative estimate of drug-likeness (QED) is 0.421. The van der Waals surface area contributed by atoms with E-state index in [4.69, 9.17) is 16.8 Å². The molecule has 0 saturated heterocycles. The van der Waals surface area contributed by atoms with Crippen molar-refractivity contribution in [3.8, 4) is 0 Å². The lowest BCUT2D eigenvalue weighted by molar-refractivity contribution is 0.322. The van der Waals surface area contributed by atoms with E-state index < -0.39 is 0 Å². The predicted molar refractivity (Wildman–Crippen MR) is 50.4 cm³/mol. The second-order valence-electron chi connectivity index (χ2n) is 2.20. The molecule has 0 saturated carbocycles. The number of para-hydroxylation sites is 1. The number of hydrogen-bond acceptors (Lipinski definition) is 3. The number of nitrogens with one attached hydrogen (secondary N) is 1. The highest BCUT2D eigenvalue weighted by Crippen LogP contribution is 2.23. The van der Waals surface area contributed by atoms with Crippen LogP contribution in [0.1, 0.15) is 5.56 Å². The van der Waals surface area contributed by atoms with Crippen molar-refractivity contribution in [3.05, 3.63) is 28.8 Å². The van der Waals surface area contributed by atoms with E-state index in [1.165, 1.54) is 6.21 Å². The van der Waals surface area contributed by atoms with Crippen LogP contribution in [0.2, 0.25) is 5.02 Å². The molecule has 64 valence electrons. The molecule has 2 N–H and O–H groups in total. The molecule has 0 aliphatic carbocycles. The molecule has 0 bridgehead atoms. The fourth-order valence-electron chi connectivity index (χ4n) is 0.974. The van der Waals surface area contributed by atoms with Crippen LogP contribution < -0.4 is 5.32 Å². The summed E-state index contributed by atoms with van der Waals surface area (Å²) in [6.45, 7) is 0. The number of benzene rings is 1. The van der Waals surface area contributed by atoms with Gasteiger partial charge < -0.3 is 10.5 Å². The van der Waals surface area contributed by atoms with Crippen molar-refractivity contribution in [2.45, 2.75) is 0 Å². The van der Waals surface area contributed by atoms with Crippen LogP contribution in [-0.4, -0.2) is 18.5 Å². The van der Waals surface area contributed by atoms with Crippen molar-refractivity contribution in [3.63, 3.8) is 0 Å². The van der Waals surface area contributed by atoms with Crippen molar-refractivity contribution < 1.29 is 5.21 Å². The molecule has 0 aliphatic heterocycles. The fourth-order valence-corrected chi connectivity index (χ4v) is 1.25. The van der Waals surface area contributed by atoms with Crippen molar-refractivity contribution in [1.29, 1.82) is 0 Å². The summed E-state index contributed by atoms with van der Waals surface area (Å²) >= 11 is 5.86. The molecule has 4 heteroatoms. The number of oxime groups is 1. The molecule has 12 heavy (non-hydrogen) atoms. The SMILES string of the molecule is CNc1c(Cl)cccc1/C=N\O. The van der Waals surface area contributed by atoms with Gasteiger partial charge >= 0.3 is 0 Å². The predicted octanol–water partition coefficient (Wildman–Crippen LogP) is 2.19. The third-order valence-electron chi connectivity index (χ3n) is 1.49. The second kappa shape index (κ2) is 3.97. The fraction of sp³-hybridized carbons (Fsp3) is 0.125. The van der Waals surface area contributed by atoms with Crippen LogP contribution in [-0.2, 0) is 0 Å². The Morgan fingerprint density at radius 2 is 2.33 bits per heavy atom. The summed E-state index contributed by atoms with van der Waals surface area (Å²) in [5.74, 6) is 0. The first-order chi connectivity index (χ1) is 5.79. The lowest BCUT2D eigenvalue weighted by atomic mass is 10.2. The zero-order chi connectivity index (χ0) is 8.97. The van der Waals surface area contributed by atoms with Gasteiger partial charge in [0.05, 0.1) is 16.9 Å². The van der Waals surface area contributed by atoms with Crippen LogP contribution in [0, 0.1) is 0 Å². The highest BCUT2D eigenvalue weighted by atomic mass is 35.5. The van der Waals surface area contributed by atoms with E-state index in [1.54, 1.807) is 25.2 Å². The molecule has 0 unspecified atom stereocenters. The standard InChI is InChI=1S/C8H9ClN2O/c1-10-8-6(5-11-12)3-2-4-7(8)9/h2-5,10,12H,1H3/b11-5-. The first kappa shape index (κ1) is 8.87. The number of hydrogen-bond donors (Lipinski definition) is 2. The first-order valence-electron chi connectivity index (χ1n) is 3.43. The minimum absolute atomic E-state index is 0.606. The van der Waals surface area contributed by atoms with Gasteiger partial charge in [-0.05, 0) is 6.07 Å². The smallest absolute Gasteiger partial charge is 0.0755 e. The van der Waals surface area contributed by atoms with Crippen molar-refractivity contribution in [1.82, 2.24) is 0 Å². The number of nitrogens with zero attached hydrogens (tertiary/aromatic N) is 1. The maximum Gasteiger partial charge on any atom is 0.0755 e. The summed E-state index contributed by atoms with van der Waals surface area (Å²) in [4.78, 5) is 0. The summed E-state index contributed by atoms with van der Waals surface area (Å²) in [6.07, 6.45) is 1.33. The third kappa shape index (κ3) is 1.68. The second-order valence-corrected chi connectivity index (χ2v) is 2.61. The molecule has 0 atom stereocenters. The monoisotopic (exact) mass is 184 g/mol. The van der Waals surface area contributed by atoms with Gasteiger partial charge in [0.25, 0.3) is 0 Å². The molecule has 0 amide bonds. The van der Waals surface area contributed by atoms with Crippen molar-refractivity contribution in [2.24, 2.45) is 5.16 Å². The van der Waals surface area contributed by atoms with Crippen LogP contribution in [0.5, 0.6) is 0 Å². The molecule has 1 aromatic rings. The van der Waals surface area contributed by atoms with Crippen LogP contribution in [0.25, 0.3) is 0 Å². The van der Waals surface area contributed by atoms with Crippen LogP contribution in [0.15, 0.2) is 23.4 Å². The maximum absolute atomic E-state index is 8.33. The molecule has 3 nitrogen and oxygen atoms in total. The average Bonchev–Trinajstić information content (AvgIpc) is 2.05. The Hall–Kier alpha value is -1.22. The molecule has 1 rings (SSSR count). The van der Waals surface area contributed by atoms with Gasteiger partial charge in [-0.1, -0.05) is 28.9 Å². The minimum Gasteiger partial charge on any atom is -0.411 e. The van der Waals surface area contributed by atoms with E-state index in [-0.39, 0.29) is 0 Å². The van der Waals surface area contributed by atoms with Gasteiger partial charge in [-0.25, -0.2) is 0 Å². The summed E-state index contributed by atoms with van der Waals surface area (Å²) < 4.78 is 0. The molecule has 0 radical (unpaired) electrons. The number of anilines is 1. The summed E-state index contributed by atoms with van der Waals surface area (Å²) in [7, 11) is 1.76. The minimum atomic E-state index is 0.606. The van der Waals surface area contributed by atoms with Gasteiger partial charge in [-0.2, -0.15) is 0 Å². The van der Waals surface area contributed by atoms with E-state index in [0.717, 1.165) is 11.3 Å². The number of rotatable bonds is 2. The van der Waals surface area contributed by atoms with Gasteiger partial charge in [0.15, 0.2) is 0 Å². The highest BCUT2D eigenvalue weighted by molar-refractivity contribution is 6.33. The zero-order valence-corrected chi connectivity index (χ0v) is 7.34. The largest absolute Gasteiger partial charge is 0.411 e. The Kier molecular flexibility index (Phi) is 2.94. The van der Waals surface area contributed by atoms with Crippen molar-refractivity contribution in [2.75, 3.05) is 12.4 Å². The lowest BCUT2D eigenvalue weighted by Crippen LogP contribution is -1.95. The molecular weight excluding hydrogens is 176 g/mol.